The van der Waals surface area contributed by atoms with Gasteiger partial charge in [0, 0.05) is 19.6 Å². The van der Waals surface area contributed by atoms with Crippen LogP contribution in [0.5, 0.6) is 6.01 Å². The second-order valence-corrected chi connectivity index (χ2v) is 5.91. The van der Waals surface area contributed by atoms with E-state index in [1.807, 2.05) is 0 Å². The van der Waals surface area contributed by atoms with Crippen LogP contribution in [0.15, 0.2) is 12.7 Å². The lowest BCUT2D eigenvalue weighted by Crippen LogP contribution is -2.17. The first-order chi connectivity index (χ1) is 12.7. The lowest BCUT2D eigenvalue weighted by Gasteiger charge is -2.11. The third kappa shape index (κ3) is 10.8. The molecule has 9 nitrogen and oxygen atoms in total. The summed E-state index contributed by atoms with van der Waals surface area (Å²) in [5.41, 5.74) is 5.34. The van der Waals surface area contributed by atoms with Crippen molar-refractivity contribution >= 4 is 11.9 Å². The monoisotopic (exact) mass is 368 g/mol. The third-order valence-corrected chi connectivity index (χ3v) is 3.11. The van der Waals surface area contributed by atoms with E-state index in [0.717, 1.165) is 13.0 Å². The Morgan fingerprint density at radius 1 is 1.00 bits per heavy atom. The average molecular weight is 368 g/mol. The van der Waals surface area contributed by atoms with Gasteiger partial charge in [-0.25, -0.2) is 0 Å². The zero-order valence-electron chi connectivity index (χ0n) is 15.9. The van der Waals surface area contributed by atoms with Crippen LogP contribution in [0.1, 0.15) is 20.3 Å². The molecule has 0 saturated heterocycles. The number of ether oxygens (including phenoxy) is 3. The quantitative estimate of drug-likeness (QED) is 0.293. The Morgan fingerprint density at radius 3 is 2.27 bits per heavy atom. The maximum absolute atomic E-state index is 5.46. The number of nitrogens with zero attached hydrogens (tertiary/aromatic N) is 3. The fourth-order valence-corrected chi connectivity index (χ4v) is 1.83. The fraction of sp³-hybridized carbons (Fsp3) is 0.706. The van der Waals surface area contributed by atoms with Gasteiger partial charge < -0.3 is 30.6 Å². The first-order valence-electron chi connectivity index (χ1n) is 8.98. The molecule has 1 aromatic rings. The predicted octanol–water partition coefficient (Wildman–Crippen LogP) is 1.30. The van der Waals surface area contributed by atoms with E-state index in [0.29, 0.717) is 63.9 Å². The second-order valence-electron chi connectivity index (χ2n) is 5.91. The first kappa shape index (κ1) is 22.1. The summed E-state index contributed by atoms with van der Waals surface area (Å²) in [6.45, 7) is 12.3. The molecule has 0 spiro atoms. The summed E-state index contributed by atoms with van der Waals surface area (Å²) in [7, 11) is 0. The molecule has 0 bridgehead atoms. The minimum absolute atomic E-state index is 0.255. The Hall–Kier alpha value is -1.97. The van der Waals surface area contributed by atoms with Crippen molar-refractivity contribution in [2.45, 2.75) is 20.3 Å². The van der Waals surface area contributed by atoms with Crippen LogP contribution in [0.2, 0.25) is 0 Å². The van der Waals surface area contributed by atoms with E-state index in [4.69, 9.17) is 19.9 Å². The van der Waals surface area contributed by atoms with E-state index < -0.39 is 0 Å². The second kappa shape index (κ2) is 14.2. The summed E-state index contributed by atoms with van der Waals surface area (Å²) in [6.07, 6.45) is 2.67. The molecule has 148 valence electrons. The lowest BCUT2D eigenvalue weighted by atomic mass is 10.1. The van der Waals surface area contributed by atoms with Crippen molar-refractivity contribution in [1.82, 2.24) is 15.0 Å². The van der Waals surface area contributed by atoms with Gasteiger partial charge in [0.2, 0.25) is 11.9 Å². The van der Waals surface area contributed by atoms with Crippen molar-refractivity contribution in [2.75, 3.05) is 63.3 Å². The summed E-state index contributed by atoms with van der Waals surface area (Å²) in [6, 6.07) is 0.255. The van der Waals surface area contributed by atoms with Gasteiger partial charge in [-0.05, 0) is 12.3 Å². The number of aromatic nitrogens is 3. The molecule has 1 aromatic heterocycles. The van der Waals surface area contributed by atoms with E-state index in [2.05, 4.69) is 46.0 Å². The van der Waals surface area contributed by atoms with Crippen LogP contribution in [-0.2, 0) is 9.47 Å². The molecule has 26 heavy (non-hydrogen) atoms. The minimum Gasteiger partial charge on any atom is -0.459 e. The molecule has 1 rings (SSSR count). The maximum Gasteiger partial charge on any atom is 0.323 e. The SMILES string of the molecule is C=CCOc1nc(NCCOCCOCCN)nc(NCCC(C)C)n1. The Kier molecular flexibility index (Phi) is 12.1. The topological polar surface area (TPSA) is 116 Å². The highest BCUT2D eigenvalue weighted by Gasteiger charge is 2.07. The molecule has 0 aliphatic heterocycles. The highest BCUT2D eigenvalue weighted by atomic mass is 16.5. The Bertz CT molecular complexity index is 501. The number of nitrogens with two attached hydrogens (primary N) is 1. The highest BCUT2D eigenvalue weighted by molar-refractivity contribution is 5.35. The normalized spacial score (nSPS) is 10.8. The van der Waals surface area contributed by atoms with E-state index >= 15 is 0 Å². The molecular formula is C17H32N6O3. The molecule has 0 saturated carbocycles. The van der Waals surface area contributed by atoms with Crippen LogP contribution in [0.25, 0.3) is 0 Å². The predicted molar refractivity (Wildman–Crippen MR) is 103 cm³/mol. The average Bonchev–Trinajstić information content (AvgIpc) is 2.62. The van der Waals surface area contributed by atoms with Crippen molar-refractivity contribution in [1.29, 1.82) is 0 Å². The van der Waals surface area contributed by atoms with Gasteiger partial charge in [0.25, 0.3) is 0 Å². The third-order valence-electron chi connectivity index (χ3n) is 3.11. The van der Waals surface area contributed by atoms with E-state index in [9.17, 15) is 0 Å². The van der Waals surface area contributed by atoms with E-state index in [-0.39, 0.29) is 6.01 Å². The zero-order valence-corrected chi connectivity index (χ0v) is 15.9. The largest absolute Gasteiger partial charge is 0.459 e. The van der Waals surface area contributed by atoms with Crippen LogP contribution in [0.4, 0.5) is 11.9 Å². The van der Waals surface area contributed by atoms with Gasteiger partial charge >= 0.3 is 6.01 Å². The number of anilines is 2. The highest BCUT2D eigenvalue weighted by Crippen LogP contribution is 2.12. The number of rotatable bonds is 16. The van der Waals surface area contributed by atoms with Crippen LogP contribution in [0, 0.1) is 5.92 Å². The van der Waals surface area contributed by atoms with Crippen molar-refractivity contribution in [3.05, 3.63) is 12.7 Å². The van der Waals surface area contributed by atoms with Gasteiger partial charge in [0.05, 0.1) is 26.4 Å². The summed E-state index contributed by atoms with van der Waals surface area (Å²) >= 11 is 0. The van der Waals surface area contributed by atoms with Gasteiger partial charge in [-0.1, -0.05) is 26.5 Å². The number of hydrogen-bond acceptors (Lipinski definition) is 9. The smallest absolute Gasteiger partial charge is 0.323 e. The van der Waals surface area contributed by atoms with Gasteiger partial charge in [-0.3, -0.25) is 0 Å². The van der Waals surface area contributed by atoms with Crippen LogP contribution >= 0.6 is 0 Å². The van der Waals surface area contributed by atoms with Crippen molar-refractivity contribution in [3.8, 4) is 6.01 Å². The van der Waals surface area contributed by atoms with Crippen molar-refractivity contribution in [3.63, 3.8) is 0 Å². The van der Waals surface area contributed by atoms with Crippen molar-refractivity contribution < 1.29 is 14.2 Å². The number of nitrogens with one attached hydrogen (secondary N) is 2. The maximum atomic E-state index is 5.46. The molecule has 0 atom stereocenters. The molecule has 0 radical (unpaired) electrons. The van der Waals surface area contributed by atoms with E-state index in [1.54, 1.807) is 6.08 Å². The standard InChI is InChI=1S/C17H32N6O3/c1-4-9-26-17-22-15(19-7-5-14(2)3)21-16(23-17)20-8-11-25-13-12-24-10-6-18/h4,14H,1,5-13,18H2,2-3H3,(H2,19,20,21,22,23). The Morgan fingerprint density at radius 2 is 1.65 bits per heavy atom. The van der Waals surface area contributed by atoms with Crippen LogP contribution in [-0.4, -0.2) is 67.6 Å². The fourth-order valence-electron chi connectivity index (χ4n) is 1.83. The molecule has 0 aromatic carbocycles. The van der Waals surface area contributed by atoms with Crippen molar-refractivity contribution in [2.24, 2.45) is 11.7 Å². The van der Waals surface area contributed by atoms with Gasteiger partial charge in [0.1, 0.15) is 6.61 Å². The minimum atomic E-state index is 0.255. The molecule has 0 fully saturated rings. The summed E-state index contributed by atoms with van der Waals surface area (Å²) in [5, 5.41) is 6.31. The molecule has 0 aliphatic rings. The Labute approximate surface area is 155 Å². The number of hydrogen-bond donors (Lipinski definition) is 3. The van der Waals surface area contributed by atoms with Gasteiger partial charge in [-0.15, -0.1) is 0 Å². The van der Waals surface area contributed by atoms with Crippen LogP contribution in [0.3, 0.4) is 0 Å². The molecule has 0 aliphatic carbocycles. The van der Waals surface area contributed by atoms with Crippen LogP contribution < -0.4 is 21.1 Å². The molecule has 1 heterocycles. The lowest BCUT2D eigenvalue weighted by molar-refractivity contribution is 0.0547. The van der Waals surface area contributed by atoms with Gasteiger partial charge in [0.15, 0.2) is 0 Å². The molecule has 4 N–H and O–H groups in total. The zero-order chi connectivity index (χ0) is 19.0. The molecule has 0 unspecified atom stereocenters. The summed E-state index contributed by atoms with van der Waals surface area (Å²) < 4.78 is 16.1. The first-order valence-corrected chi connectivity index (χ1v) is 8.98. The molecular weight excluding hydrogens is 336 g/mol. The Balaban J connectivity index is 2.44. The summed E-state index contributed by atoms with van der Waals surface area (Å²) in [5.74, 6) is 1.52. The molecule has 9 heteroatoms. The molecule has 0 amide bonds. The summed E-state index contributed by atoms with van der Waals surface area (Å²) in [4.78, 5) is 12.8. The van der Waals surface area contributed by atoms with Gasteiger partial charge in [-0.2, -0.15) is 15.0 Å². The van der Waals surface area contributed by atoms with E-state index in [1.165, 1.54) is 0 Å².